The molecule has 102 valence electrons. The van der Waals surface area contributed by atoms with E-state index in [0.29, 0.717) is 5.56 Å². The Kier molecular flexibility index (Phi) is 4.21. The van der Waals surface area contributed by atoms with Crippen molar-refractivity contribution in [3.05, 3.63) is 59.4 Å². The summed E-state index contributed by atoms with van der Waals surface area (Å²) in [5, 5.41) is 12.0. The van der Waals surface area contributed by atoms with E-state index in [1.807, 2.05) is 19.1 Å². The number of benzene rings is 2. The van der Waals surface area contributed by atoms with Gasteiger partial charge in [-0.25, -0.2) is 4.39 Å². The van der Waals surface area contributed by atoms with E-state index in [1.54, 1.807) is 24.3 Å². The van der Waals surface area contributed by atoms with Crippen LogP contribution < -0.4 is 10.1 Å². The van der Waals surface area contributed by atoms with E-state index in [-0.39, 0.29) is 17.6 Å². The maximum absolute atomic E-state index is 13.4. The molecule has 0 aliphatic rings. The third-order valence-corrected chi connectivity index (χ3v) is 3.07. The van der Waals surface area contributed by atoms with Gasteiger partial charge in [-0.1, -0.05) is 6.07 Å². The zero-order valence-corrected chi connectivity index (χ0v) is 11.4. The smallest absolute Gasteiger partial charge is 0.165 e. The molecular weight excluding hydrogens is 255 g/mol. The number of rotatable bonds is 4. The zero-order valence-electron chi connectivity index (χ0n) is 11.4. The minimum atomic E-state index is -0.373. The first-order valence-electron chi connectivity index (χ1n) is 6.24. The van der Waals surface area contributed by atoms with E-state index in [1.165, 1.54) is 13.2 Å². The maximum atomic E-state index is 13.4. The SMILES string of the molecule is COc1cc(C(C)Nc2ccc(C#N)cc2)ccc1F. The summed E-state index contributed by atoms with van der Waals surface area (Å²) in [5.74, 6) is -0.141. The van der Waals surface area contributed by atoms with E-state index < -0.39 is 0 Å². The first kappa shape index (κ1) is 13.9. The molecule has 0 heterocycles. The predicted molar refractivity (Wildman–Crippen MR) is 76.1 cm³/mol. The highest BCUT2D eigenvalue weighted by atomic mass is 19.1. The molecule has 4 heteroatoms. The minimum absolute atomic E-state index is 0.00237. The van der Waals surface area contributed by atoms with E-state index in [0.717, 1.165) is 11.3 Å². The van der Waals surface area contributed by atoms with Crippen molar-refractivity contribution in [3.63, 3.8) is 0 Å². The molecule has 2 aromatic carbocycles. The topological polar surface area (TPSA) is 45.0 Å². The van der Waals surface area contributed by atoms with Crippen LogP contribution in [0.2, 0.25) is 0 Å². The quantitative estimate of drug-likeness (QED) is 0.917. The van der Waals surface area contributed by atoms with Gasteiger partial charge in [-0.2, -0.15) is 5.26 Å². The van der Waals surface area contributed by atoms with Crippen LogP contribution in [0.5, 0.6) is 5.75 Å². The number of ether oxygens (including phenoxy) is 1. The first-order valence-corrected chi connectivity index (χ1v) is 6.24. The molecule has 0 fully saturated rings. The summed E-state index contributed by atoms with van der Waals surface area (Å²) in [5.41, 5.74) is 2.44. The summed E-state index contributed by atoms with van der Waals surface area (Å²) < 4.78 is 18.3. The van der Waals surface area contributed by atoms with Crippen LogP contribution in [-0.4, -0.2) is 7.11 Å². The molecule has 3 nitrogen and oxygen atoms in total. The molecule has 20 heavy (non-hydrogen) atoms. The van der Waals surface area contributed by atoms with Gasteiger partial charge < -0.3 is 10.1 Å². The summed E-state index contributed by atoms with van der Waals surface area (Å²) in [6.07, 6.45) is 0. The molecule has 1 unspecified atom stereocenters. The molecule has 0 aromatic heterocycles. The molecule has 0 spiro atoms. The van der Waals surface area contributed by atoms with E-state index in [9.17, 15) is 4.39 Å². The zero-order chi connectivity index (χ0) is 14.5. The molecule has 1 N–H and O–H groups in total. The van der Waals surface area contributed by atoms with Crippen LogP contribution >= 0.6 is 0 Å². The Morgan fingerprint density at radius 3 is 2.50 bits per heavy atom. The van der Waals surface area contributed by atoms with Gasteiger partial charge in [0.1, 0.15) is 0 Å². The summed E-state index contributed by atoms with van der Waals surface area (Å²) in [7, 11) is 1.45. The van der Waals surface area contributed by atoms with Gasteiger partial charge in [0.25, 0.3) is 0 Å². The Labute approximate surface area is 117 Å². The van der Waals surface area contributed by atoms with Gasteiger partial charge in [-0.15, -0.1) is 0 Å². The van der Waals surface area contributed by atoms with Crippen LogP contribution in [0, 0.1) is 17.1 Å². The second-order valence-corrected chi connectivity index (χ2v) is 4.45. The fourth-order valence-electron chi connectivity index (χ4n) is 1.92. The normalized spacial score (nSPS) is 11.5. The molecule has 0 bridgehead atoms. The molecule has 2 aromatic rings. The molecule has 0 aliphatic carbocycles. The van der Waals surface area contributed by atoms with Crippen molar-refractivity contribution < 1.29 is 9.13 Å². The van der Waals surface area contributed by atoms with Crippen molar-refractivity contribution in [3.8, 4) is 11.8 Å². The Morgan fingerprint density at radius 1 is 1.20 bits per heavy atom. The minimum Gasteiger partial charge on any atom is -0.494 e. The number of halogens is 1. The van der Waals surface area contributed by atoms with Crippen molar-refractivity contribution >= 4 is 5.69 Å². The van der Waals surface area contributed by atoms with Gasteiger partial charge in [0.05, 0.1) is 18.7 Å². The average Bonchev–Trinajstić information content (AvgIpc) is 2.48. The van der Waals surface area contributed by atoms with E-state index in [4.69, 9.17) is 10.00 Å². The highest BCUT2D eigenvalue weighted by Gasteiger charge is 2.09. The predicted octanol–water partition coefficient (Wildman–Crippen LogP) is 3.88. The lowest BCUT2D eigenvalue weighted by atomic mass is 10.1. The highest BCUT2D eigenvalue weighted by molar-refractivity contribution is 5.49. The summed E-state index contributed by atoms with van der Waals surface area (Å²) in [4.78, 5) is 0. The third-order valence-electron chi connectivity index (χ3n) is 3.07. The van der Waals surface area contributed by atoms with E-state index >= 15 is 0 Å². The summed E-state index contributed by atoms with van der Waals surface area (Å²) in [6.45, 7) is 1.98. The van der Waals surface area contributed by atoms with Crippen molar-refractivity contribution in [1.29, 1.82) is 5.26 Å². The van der Waals surface area contributed by atoms with Crippen LogP contribution in [0.3, 0.4) is 0 Å². The van der Waals surface area contributed by atoms with Crippen LogP contribution in [0.1, 0.15) is 24.1 Å². The lowest BCUT2D eigenvalue weighted by molar-refractivity contribution is 0.385. The number of nitriles is 1. The van der Waals surface area contributed by atoms with Crippen molar-refractivity contribution in [1.82, 2.24) is 0 Å². The lowest BCUT2D eigenvalue weighted by Crippen LogP contribution is -2.07. The lowest BCUT2D eigenvalue weighted by Gasteiger charge is -2.16. The summed E-state index contributed by atoms with van der Waals surface area (Å²) in [6, 6.07) is 14.1. The molecule has 0 aliphatic heterocycles. The van der Waals surface area contributed by atoms with Gasteiger partial charge in [0.15, 0.2) is 11.6 Å². The van der Waals surface area contributed by atoms with Gasteiger partial charge in [0.2, 0.25) is 0 Å². The Balaban J connectivity index is 2.15. The monoisotopic (exact) mass is 270 g/mol. The van der Waals surface area contributed by atoms with Crippen LogP contribution in [0.25, 0.3) is 0 Å². The highest BCUT2D eigenvalue weighted by Crippen LogP contribution is 2.25. The molecule has 2 rings (SSSR count). The van der Waals surface area contributed by atoms with Crippen LogP contribution in [0.4, 0.5) is 10.1 Å². The molecule has 1 atom stereocenters. The number of anilines is 1. The number of nitrogens with zero attached hydrogens (tertiary/aromatic N) is 1. The third kappa shape index (κ3) is 3.07. The second-order valence-electron chi connectivity index (χ2n) is 4.45. The van der Waals surface area contributed by atoms with Crippen molar-refractivity contribution in [2.75, 3.05) is 12.4 Å². The van der Waals surface area contributed by atoms with Crippen LogP contribution in [0.15, 0.2) is 42.5 Å². The van der Waals surface area contributed by atoms with Crippen molar-refractivity contribution in [2.45, 2.75) is 13.0 Å². The molecule has 0 saturated carbocycles. The number of methoxy groups -OCH3 is 1. The largest absolute Gasteiger partial charge is 0.494 e. The van der Waals surface area contributed by atoms with E-state index in [2.05, 4.69) is 11.4 Å². The average molecular weight is 270 g/mol. The number of hydrogen-bond donors (Lipinski definition) is 1. The van der Waals surface area contributed by atoms with Crippen LogP contribution in [-0.2, 0) is 0 Å². The molecule has 0 saturated heterocycles. The van der Waals surface area contributed by atoms with Crippen molar-refractivity contribution in [2.24, 2.45) is 0 Å². The Hall–Kier alpha value is -2.54. The number of nitrogens with one attached hydrogen (secondary N) is 1. The molecular formula is C16H15FN2O. The molecule has 0 amide bonds. The fraction of sp³-hybridized carbons (Fsp3) is 0.188. The Morgan fingerprint density at radius 2 is 1.90 bits per heavy atom. The second kappa shape index (κ2) is 6.07. The van der Waals surface area contributed by atoms with Gasteiger partial charge in [0, 0.05) is 11.7 Å². The van der Waals surface area contributed by atoms with Gasteiger partial charge in [-0.05, 0) is 48.9 Å². The first-order chi connectivity index (χ1) is 9.63. The maximum Gasteiger partial charge on any atom is 0.165 e. The summed E-state index contributed by atoms with van der Waals surface area (Å²) >= 11 is 0. The number of hydrogen-bond acceptors (Lipinski definition) is 3. The standard InChI is InChI=1S/C16H15FN2O/c1-11(13-5-8-15(17)16(9-13)20-2)19-14-6-3-12(10-18)4-7-14/h3-9,11,19H,1-2H3. The fourth-order valence-corrected chi connectivity index (χ4v) is 1.92. The molecule has 0 radical (unpaired) electrons. The Bertz CT molecular complexity index is 632. The van der Waals surface area contributed by atoms with Gasteiger partial charge >= 0.3 is 0 Å². The van der Waals surface area contributed by atoms with Gasteiger partial charge in [-0.3, -0.25) is 0 Å².